The predicted molar refractivity (Wildman–Crippen MR) is 65.4 cm³/mol. The van der Waals surface area contributed by atoms with Gasteiger partial charge >= 0.3 is 0 Å². The van der Waals surface area contributed by atoms with Crippen LogP contribution < -0.4 is 10.6 Å². The van der Waals surface area contributed by atoms with E-state index in [9.17, 15) is 4.79 Å². The van der Waals surface area contributed by atoms with Gasteiger partial charge < -0.3 is 10.6 Å². The highest BCUT2D eigenvalue weighted by Gasteiger charge is 2.24. The lowest BCUT2D eigenvalue weighted by Crippen LogP contribution is -2.46. The molecule has 0 spiro atoms. The molecule has 1 amide bonds. The van der Waals surface area contributed by atoms with Crippen LogP contribution in [0, 0.1) is 0 Å². The molecular weight excluding hydrogens is 200 g/mol. The number of nitrogens with two attached hydrogens (primary N) is 1. The van der Waals surface area contributed by atoms with Crippen molar-refractivity contribution in [2.24, 2.45) is 5.73 Å². The van der Waals surface area contributed by atoms with E-state index in [0.717, 1.165) is 18.5 Å². The van der Waals surface area contributed by atoms with E-state index >= 15 is 0 Å². The molecule has 1 aliphatic rings. The first-order valence-electron chi connectivity index (χ1n) is 5.85. The first kappa shape index (κ1) is 11.1. The third-order valence-corrected chi connectivity index (χ3v) is 3.10. The second-order valence-corrected chi connectivity index (χ2v) is 4.32. The summed E-state index contributed by atoms with van der Waals surface area (Å²) in [6, 6.07) is 8.28. The van der Waals surface area contributed by atoms with E-state index in [4.69, 9.17) is 5.73 Å². The van der Waals surface area contributed by atoms with Crippen molar-refractivity contribution in [1.82, 2.24) is 0 Å². The first-order valence-corrected chi connectivity index (χ1v) is 5.85. The monoisotopic (exact) mass is 218 g/mol. The molecule has 2 rings (SSSR count). The molecule has 1 aromatic carbocycles. The van der Waals surface area contributed by atoms with Crippen LogP contribution in [0.15, 0.2) is 24.3 Å². The molecule has 1 fully saturated rings. The van der Waals surface area contributed by atoms with Gasteiger partial charge in [0.05, 0.1) is 0 Å². The molecule has 86 valence electrons. The molecule has 1 heterocycles. The summed E-state index contributed by atoms with van der Waals surface area (Å²) in [6.45, 7) is 2.77. The van der Waals surface area contributed by atoms with Crippen LogP contribution in [0.25, 0.3) is 0 Å². The second kappa shape index (κ2) is 4.66. The Morgan fingerprint density at radius 2 is 2.06 bits per heavy atom. The Bertz CT molecular complexity index is 372. The normalized spacial score (nSPS) is 21.2. The maximum Gasteiger partial charge on any atom is 0.227 e. The summed E-state index contributed by atoms with van der Waals surface area (Å²) < 4.78 is 0. The molecule has 0 saturated carbocycles. The smallest absolute Gasteiger partial charge is 0.227 e. The summed E-state index contributed by atoms with van der Waals surface area (Å²) in [5.41, 5.74) is 8.15. The number of hydrogen-bond acceptors (Lipinski definition) is 2. The predicted octanol–water partition coefficient (Wildman–Crippen LogP) is 1.70. The van der Waals surface area contributed by atoms with Crippen LogP contribution in [0.2, 0.25) is 0 Å². The van der Waals surface area contributed by atoms with Gasteiger partial charge in [0.15, 0.2) is 0 Å². The van der Waals surface area contributed by atoms with Crippen molar-refractivity contribution in [2.45, 2.75) is 32.2 Å². The number of anilines is 1. The van der Waals surface area contributed by atoms with Crippen LogP contribution in [-0.4, -0.2) is 18.5 Å². The number of amides is 1. The Kier molecular flexibility index (Phi) is 3.25. The molecule has 0 aliphatic carbocycles. The maximum absolute atomic E-state index is 11.8. The van der Waals surface area contributed by atoms with Gasteiger partial charge in [-0.1, -0.05) is 19.1 Å². The fourth-order valence-electron chi connectivity index (χ4n) is 2.03. The summed E-state index contributed by atoms with van der Waals surface area (Å²) in [5.74, 6) is 0.186. The van der Waals surface area contributed by atoms with Gasteiger partial charge in [-0.15, -0.1) is 0 Å². The summed E-state index contributed by atoms with van der Waals surface area (Å²) in [4.78, 5) is 13.6. The summed E-state index contributed by atoms with van der Waals surface area (Å²) in [6.07, 6.45) is 2.40. The van der Waals surface area contributed by atoms with Crippen molar-refractivity contribution in [1.29, 1.82) is 0 Å². The fraction of sp³-hybridized carbons (Fsp3) is 0.462. The molecule has 1 unspecified atom stereocenters. The number of aryl methyl sites for hydroxylation is 1. The number of benzene rings is 1. The van der Waals surface area contributed by atoms with Crippen LogP contribution in [-0.2, 0) is 11.2 Å². The SMILES string of the molecule is CCc1ccc(N2CC(N)CCC2=O)cc1. The Morgan fingerprint density at radius 3 is 2.69 bits per heavy atom. The maximum atomic E-state index is 11.8. The second-order valence-electron chi connectivity index (χ2n) is 4.32. The minimum Gasteiger partial charge on any atom is -0.326 e. The average Bonchev–Trinajstić information content (AvgIpc) is 2.32. The molecule has 16 heavy (non-hydrogen) atoms. The van der Waals surface area contributed by atoms with Gasteiger partial charge in [0.1, 0.15) is 0 Å². The van der Waals surface area contributed by atoms with Crippen molar-refractivity contribution in [3.05, 3.63) is 29.8 Å². The minimum absolute atomic E-state index is 0.114. The summed E-state index contributed by atoms with van der Waals surface area (Å²) in [5, 5.41) is 0. The molecule has 2 N–H and O–H groups in total. The Morgan fingerprint density at radius 1 is 1.38 bits per heavy atom. The highest BCUT2D eigenvalue weighted by Crippen LogP contribution is 2.20. The topological polar surface area (TPSA) is 46.3 Å². The number of hydrogen-bond donors (Lipinski definition) is 1. The van der Waals surface area contributed by atoms with Gasteiger partial charge in [-0.3, -0.25) is 4.79 Å². The standard InChI is InChI=1S/C13H18N2O/c1-2-10-3-6-12(7-4-10)15-9-11(14)5-8-13(15)16/h3-4,6-7,11H,2,5,8-9,14H2,1H3. The first-order chi connectivity index (χ1) is 7.70. The number of carbonyl (C=O) groups excluding carboxylic acids is 1. The molecule has 0 bridgehead atoms. The van der Waals surface area contributed by atoms with Gasteiger partial charge in [0.25, 0.3) is 0 Å². The zero-order valence-corrected chi connectivity index (χ0v) is 9.65. The van der Waals surface area contributed by atoms with Gasteiger partial charge in [-0.05, 0) is 30.5 Å². The molecule has 1 aromatic rings. The summed E-state index contributed by atoms with van der Waals surface area (Å²) in [7, 11) is 0. The zero-order valence-electron chi connectivity index (χ0n) is 9.65. The third kappa shape index (κ3) is 2.25. The van der Waals surface area contributed by atoms with Gasteiger partial charge in [0, 0.05) is 24.7 Å². The van der Waals surface area contributed by atoms with E-state index in [-0.39, 0.29) is 11.9 Å². The van der Waals surface area contributed by atoms with Crippen LogP contribution in [0.3, 0.4) is 0 Å². The molecule has 3 nitrogen and oxygen atoms in total. The highest BCUT2D eigenvalue weighted by molar-refractivity contribution is 5.94. The quantitative estimate of drug-likeness (QED) is 0.821. The average molecular weight is 218 g/mol. The van der Waals surface area contributed by atoms with Gasteiger partial charge in [-0.2, -0.15) is 0 Å². The number of carbonyl (C=O) groups is 1. The lowest BCUT2D eigenvalue weighted by molar-refractivity contribution is -0.119. The van der Waals surface area contributed by atoms with E-state index in [1.807, 2.05) is 12.1 Å². The lowest BCUT2D eigenvalue weighted by Gasteiger charge is -2.30. The van der Waals surface area contributed by atoms with Crippen molar-refractivity contribution < 1.29 is 4.79 Å². The van der Waals surface area contributed by atoms with Gasteiger partial charge in [0.2, 0.25) is 5.91 Å². The van der Waals surface area contributed by atoms with Crippen molar-refractivity contribution in [3.8, 4) is 0 Å². The van der Waals surface area contributed by atoms with E-state index in [0.29, 0.717) is 13.0 Å². The number of rotatable bonds is 2. The lowest BCUT2D eigenvalue weighted by atomic mass is 10.0. The third-order valence-electron chi connectivity index (χ3n) is 3.10. The van der Waals surface area contributed by atoms with Crippen LogP contribution in [0.4, 0.5) is 5.69 Å². The van der Waals surface area contributed by atoms with E-state index < -0.39 is 0 Å². The largest absolute Gasteiger partial charge is 0.326 e. The molecule has 1 aliphatic heterocycles. The van der Waals surface area contributed by atoms with Crippen molar-refractivity contribution >= 4 is 11.6 Å². The number of piperidine rings is 1. The highest BCUT2D eigenvalue weighted by atomic mass is 16.2. The Balaban J connectivity index is 2.18. The molecule has 3 heteroatoms. The fourth-order valence-corrected chi connectivity index (χ4v) is 2.03. The van der Waals surface area contributed by atoms with E-state index in [1.54, 1.807) is 4.90 Å². The van der Waals surface area contributed by atoms with Gasteiger partial charge in [-0.25, -0.2) is 0 Å². The number of nitrogens with zero attached hydrogens (tertiary/aromatic N) is 1. The van der Waals surface area contributed by atoms with Crippen LogP contribution in [0.5, 0.6) is 0 Å². The zero-order chi connectivity index (χ0) is 11.5. The summed E-state index contributed by atoms with van der Waals surface area (Å²) >= 11 is 0. The Hall–Kier alpha value is -1.35. The Labute approximate surface area is 96.2 Å². The van der Waals surface area contributed by atoms with E-state index in [2.05, 4.69) is 19.1 Å². The van der Waals surface area contributed by atoms with Crippen molar-refractivity contribution in [3.63, 3.8) is 0 Å². The molecule has 0 radical (unpaired) electrons. The van der Waals surface area contributed by atoms with Crippen LogP contribution in [0.1, 0.15) is 25.3 Å². The molecule has 1 saturated heterocycles. The van der Waals surface area contributed by atoms with Crippen LogP contribution >= 0.6 is 0 Å². The van der Waals surface area contributed by atoms with Crippen molar-refractivity contribution in [2.75, 3.05) is 11.4 Å². The minimum atomic E-state index is 0.114. The molecule has 0 aromatic heterocycles. The molecular formula is C13H18N2O. The van der Waals surface area contributed by atoms with E-state index in [1.165, 1.54) is 5.56 Å². The molecule has 1 atom stereocenters.